The van der Waals surface area contributed by atoms with Crippen LogP contribution in [-0.2, 0) is 4.79 Å². The molecule has 0 aliphatic carbocycles. The van der Waals surface area contributed by atoms with Crippen molar-refractivity contribution < 1.29 is 14.3 Å². The minimum atomic E-state index is 0.00468. The standard InChI is InChI=1S/C14H17NO3S/c16-14-13(3-1-2-6-15-14)19-10-4-5-11-12(9-10)18-8-7-17-11/h4-5,9,13H,1-3,6-8H2,(H,15,16). The average molecular weight is 279 g/mol. The van der Waals surface area contributed by atoms with Crippen LogP contribution in [0, 0.1) is 0 Å². The summed E-state index contributed by atoms with van der Waals surface area (Å²) in [4.78, 5) is 13.0. The van der Waals surface area contributed by atoms with Gasteiger partial charge in [0, 0.05) is 11.4 Å². The van der Waals surface area contributed by atoms with E-state index in [0.717, 1.165) is 42.2 Å². The summed E-state index contributed by atoms with van der Waals surface area (Å²) in [7, 11) is 0. The second-order valence-electron chi connectivity index (χ2n) is 4.70. The molecule has 19 heavy (non-hydrogen) atoms. The number of nitrogens with one attached hydrogen (secondary N) is 1. The zero-order valence-corrected chi connectivity index (χ0v) is 11.5. The molecule has 2 aliphatic heterocycles. The monoisotopic (exact) mass is 279 g/mol. The molecule has 1 fully saturated rings. The van der Waals surface area contributed by atoms with Gasteiger partial charge in [-0.15, -0.1) is 11.8 Å². The van der Waals surface area contributed by atoms with Crippen molar-refractivity contribution in [1.29, 1.82) is 0 Å². The van der Waals surface area contributed by atoms with E-state index < -0.39 is 0 Å². The fourth-order valence-electron chi connectivity index (χ4n) is 2.28. The average Bonchev–Trinajstić information content (AvgIpc) is 2.64. The van der Waals surface area contributed by atoms with E-state index in [1.54, 1.807) is 11.8 Å². The Morgan fingerprint density at radius 3 is 2.89 bits per heavy atom. The molecule has 1 unspecified atom stereocenters. The van der Waals surface area contributed by atoms with E-state index in [-0.39, 0.29) is 11.2 Å². The first kappa shape index (κ1) is 12.7. The molecule has 4 nitrogen and oxygen atoms in total. The second kappa shape index (κ2) is 5.74. The molecule has 0 bridgehead atoms. The fourth-order valence-corrected chi connectivity index (χ4v) is 3.41. The fraction of sp³-hybridized carbons (Fsp3) is 0.500. The van der Waals surface area contributed by atoms with Gasteiger partial charge in [0.15, 0.2) is 11.5 Å². The summed E-state index contributed by atoms with van der Waals surface area (Å²) in [5, 5.41) is 2.97. The molecule has 2 aliphatic rings. The molecule has 0 radical (unpaired) electrons. The maximum atomic E-state index is 11.9. The number of benzene rings is 1. The number of hydrogen-bond acceptors (Lipinski definition) is 4. The van der Waals surface area contributed by atoms with Gasteiger partial charge in [0.2, 0.25) is 5.91 Å². The number of thioether (sulfide) groups is 1. The first-order valence-corrected chi connectivity index (χ1v) is 7.55. The molecule has 0 saturated carbocycles. The SMILES string of the molecule is O=C1NCCCCC1Sc1ccc2c(c1)OCCO2. The molecule has 1 N–H and O–H groups in total. The van der Waals surface area contributed by atoms with Crippen LogP contribution in [0.3, 0.4) is 0 Å². The number of carbonyl (C=O) groups is 1. The molecule has 102 valence electrons. The summed E-state index contributed by atoms with van der Waals surface area (Å²) in [5.74, 6) is 1.73. The largest absolute Gasteiger partial charge is 0.486 e. The van der Waals surface area contributed by atoms with Crippen molar-refractivity contribution in [3.05, 3.63) is 18.2 Å². The van der Waals surface area contributed by atoms with Gasteiger partial charge in [0.05, 0.1) is 5.25 Å². The van der Waals surface area contributed by atoms with E-state index >= 15 is 0 Å². The molecular weight excluding hydrogens is 262 g/mol. The first-order chi connectivity index (χ1) is 9.33. The second-order valence-corrected chi connectivity index (χ2v) is 5.97. The van der Waals surface area contributed by atoms with Crippen LogP contribution in [0.4, 0.5) is 0 Å². The third-order valence-electron chi connectivity index (χ3n) is 3.28. The summed E-state index contributed by atoms with van der Waals surface area (Å²) >= 11 is 1.61. The van der Waals surface area contributed by atoms with Crippen LogP contribution in [0.15, 0.2) is 23.1 Å². The highest BCUT2D eigenvalue weighted by Crippen LogP contribution is 2.36. The zero-order valence-electron chi connectivity index (χ0n) is 10.7. The lowest BCUT2D eigenvalue weighted by Gasteiger charge is -2.19. The number of carbonyl (C=O) groups excluding carboxylic acids is 1. The van der Waals surface area contributed by atoms with Gasteiger partial charge in [-0.1, -0.05) is 6.42 Å². The molecular formula is C14H17NO3S. The summed E-state index contributed by atoms with van der Waals surface area (Å²) in [6.07, 6.45) is 3.11. The smallest absolute Gasteiger partial charge is 0.233 e. The lowest BCUT2D eigenvalue weighted by atomic mass is 10.2. The quantitative estimate of drug-likeness (QED) is 0.901. The van der Waals surface area contributed by atoms with Crippen LogP contribution in [-0.4, -0.2) is 30.9 Å². The Balaban J connectivity index is 1.73. The predicted molar refractivity (Wildman–Crippen MR) is 73.9 cm³/mol. The van der Waals surface area contributed by atoms with Gasteiger partial charge in [-0.05, 0) is 31.0 Å². The summed E-state index contributed by atoms with van der Waals surface area (Å²) < 4.78 is 11.1. The highest BCUT2D eigenvalue weighted by Gasteiger charge is 2.22. The van der Waals surface area contributed by atoms with Gasteiger partial charge in [-0.3, -0.25) is 4.79 Å². The lowest BCUT2D eigenvalue weighted by Crippen LogP contribution is -2.30. The van der Waals surface area contributed by atoms with Crippen molar-refractivity contribution >= 4 is 17.7 Å². The van der Waals surface area contributed by atoms with Crippen molar-refractivity contribution in [2.75, 3.05) is 19.8 Å². The van der Waals surface area contributed by atoms with Crippen molar-refractivity contribution in [3.8, 4) is 11.5 Å². The third-order valence-corrected chi connectivity index (χ3v) is 4.54. The van der Waals surface area contributed by atoms with Crippen LogP contribution in [0.1, 0.15) is 19.3 Å². The van der Waals surface area contributed by atoms with Gasteiger partial charge in [-0.2, -0.15) is 0 Å². The van der Waals surface area contributed by atoms with E-state index in [1.807, 2.05) is 18.2 Å². The van der Waals surface area contributed by atoms with Crippen molar-refractivity contribution in [3.63, 3.8) is 0 Å². The molecule has 1 atom stereocenters. The Labute approximate surface area is 116 Å². The maximum Gasteiger partial charge on any atom is 0.233 e. The molecule has 0 aromatic heterocycles. The van der Waals surface area contributed by atoms with Gasteiger partial charge in [-0.25, -0.2) is 0 Å². The zero-order chi connectivity index (χ0) is 13.1. The minimum absolute atomic E-state index is 0.00468. The normalized spacial score (nSPS) is 22.5. The summed E-state index contributed by atoms with van der Waals surface area (Å²) in [6.45, 7) is 1.99. The molecule has 5 heteroatoms. The van der Waals surface area contributed by atoms with Gasteiger partial charge < -0.3 is 14.8 Å². The predicted octanol–water partition coefficient (Wildman–Crippen LogP) is 2.22. The molecule has 3 rings (SSSR count). The Morgan fingerprint density at radius 1 is 1.16 bits per heavy atom. The topological polar surface area (TPSA) is 47.6 Å². The van der Waals surface area contributed by atoms with Gasteiger partial charge >= 0.3 is 0 Å². The third kappa shape index (κ3) is 2.97. The Bertz CT molecular complexity index is 478. The summed E-state index contributed by atoms with van der Waals surface area (Å²) in [5.41, 5.74) is 0. The summed E-state index contributed by atoms with van der Waals surface area (Å²) in [6, 6.07) is 5.89. The highest BCUT2D eigenvalue weighted by molar-refractivity contribution is 8.00. The molecule has 1 saturated heterocycles. The molecule has 1 aromatic rings. The van der Waals surface area contributed by atoms with E-state index in [1.165, 1.54) is 0 Å². The van der Waals surface area contributed by atoms with Crippen LogP contribution < -0.4 is 14.8 Å². The van der Waals surface area contributed by atoms with Crippen LogP contribution >= 0.6 is 11.8 Å². The van der Waals surface area contributed by atoms with Crippen molar-refractivity contribution in [1.82, 2.24) is 5.32 Å². The first-order valence-electron chi connectivity index (χ1n) is 6.67. The van der Waals surface area contributed by atoms with E-state index in [4.69, 9.17) is 9.47 Å². The van der Waals surface area contributed by atoms with E-state index in [2.05, 4.69) is 5.32 Å². The Morgan fingerprint density at radius 2 is 2.00 bits per heavy atom. The number of rotatable bonds is 2. The minimum Gasteiger partial charge on any atom is -0.486 e. The Hall–Kier alpha value is -1.36. The van der Waals surface area contributed by atoms with Gasteiger partial charge in [0.25, 0.3) is 0 Å². The molecule has 1 aromatic carbocycles. The molecule has 0 spiro atoms. The van der Waals surface area contributed by atoms with Gasteiger partial charge in [0.1, 0.15) is 13.2 Å². The molecule has 2 heterocycles. The number of fused-ring (bicyclic) bond motifs is 1. The van der Waals surface area contributed by atoms with Crippen LogP contribution in [0.5, 0.6) is 11.5 Å². The number of ether oxygens (including phenoxy) is 2. The Kier molecular flexibility index (Phi) is 3.82. The number of amides is 1. The highest BCUT2D eigenvalue weighted by atomic mass is 32.2. The van der Waals surface area contributed by atoms with Crippen molar-refractivity contribution in [2.24, 2.45) is 0 Å². The maximum absolute atomic E-state index is 11.9. The lowest BCUT2D eigenvalue weighted by molar-refractivity contribution is -0.120. The van der Waals surface area contributed by atoms with Crippen LogP contribution in [0.25, 0.3) is 0 Å². The van der Waals surface area contributed by atoms with E-state index in [9.17, 15) is 4.79 Å². The number of hydrogen-bond donors (Lipinski definition) is 1. The van der Waals surface area contributed by atoms with Crippen LogP contribution in [0.2, 0.25) is 0 Å². The van der Waals surface area contributed by atoms with Crippen molar-refractivity contribution in [2.45, 2.75) is 29.4 Å². The van der Waals surface area contributed by atoms with E-state index in [0.29, 0.717) is 13.2 Å². The molecule has 1 amide bonds.